The standard InChI is InChI=1S/C18H21N5O4S/c1-21(18-19-5-3-6-20-18)12-16(25)27-13-15(24)22-7-9-23(10-8-22)17(26)14-4-2-11-28-14/h2-6,11H,7-10,12-13H2,1H3. The van der Waals surface area contributed by atoms with Gasteiger partial charge in [0, 0.05) is 45.6 Å². The molecular formula is C18H21N5O4S. The first-order chi connectivity index (χ1) is 13.5. The van der Waals surface area contributed by atoms with Crippen LogP contribution in [0.15, 0.2) is 36.0 Å². The van der Waals surface area contributed by atoms with E-state index in [1.807, 2.05) is 11.4 Å². The van der Waals surface area contributed by atoms with E-state index in [0.717, 1.165) is 0 Å². The number of rotatable bonds is 6. The Balaban J connectivity index is 1.39. The van der Waals surface area contributed by atoms with Gasteiger partial charge in [-0.1, -0.05) is 6.07 Å². The van der Waals surface area contributed by atoms with Crippen LogP contribution in [0, 0.1) is 0 Å². The predicted molar refractivity (Wildman–Crippen MR) is 103 cm³/mol. The van der Waals surface area contributed by atoms with Gasteiger partial charge >= 0.3 is 5.97 Å². The number of thiophene rings is 1. The summed E-state index contributed by atoms with van der Waals surface area (Å²) in [6, 6.07) is 5.32. The maximum Gasteiger partial charge on any atom is 0.326 e. The topological polar surface area (TPSA) is 95.9 Å². The fourth-order valence-electron chi connectivity index (χ4n) is 2.75. The van der Waals surface area contributed by atoms with Crippen LogP contribution >= 0.6 is 11.3 Å². The molecule has 10 heteroatoms. The maximum atomic E-state index is 12.3. The van der Waals surface area contributed by atoms with Gasteiger partial charge in [0.15, 0.2) is 6.61 Å². The Labute approximate surface area is 166 Å². The molecule has 148 valence electrons. The highest BCUT2D eigenvalue weighted by Gasteiger charge is 2.25. The normalized spacial score (nSPS) is 13.9. The van der Waals surface area contributed by atoms with Crippen molar-refractivity contribution in [1.29, 1.82) is 0 Å². The molecule has 0 N–H and O–H groups in total. The van der Waals surface area contributed by atoms with Crippen LogP contribution in [0.25, 0.3) is 0 Å². The zero-order chi connectivity index (χ0) is 19.9. The van der Waals surface area contributed by atoms with E-state index in [4.69, 9.17) is 4.74 Å². The first kappa shape index (κ1) is 19.7. The Morgan fingerprint density at radius 2 is 1.79 bits per heavy atom. The summed E-state index contributed by atoms with van der Waals surface area (Å²) in [5.74, 6) is -0.415. The molecule has 2 aromatic heterocycles. The lowest BCUT2D eigenvalue weighted by atomic mass is 10.3. The highest BCUT2D eigenvalue weighted by molar-refractivity contribution is 7.12. The minimum atomic E-state index is -0.533. The van der Waals surface area contributed by atoms with Gasteiger partial charge in [0.25, 0.3) is 11.8 Å². The van der Waals surface area contributed by atoms with E-state index in [2.05, 4.69) is 9.97 Å². The highest BCUT2D eigenvalue weighted by atomic mass is 32.1. The lowest BCUT2D eigenvalue weighted by Crippen LogP contribution is -2.51. The summed E-state index contributed by atoms with van der Waals surface area (Å²) >= 11 is 1.40. The van der Waals surface area contributed by atoms with Crippen molar-refractivity contribution in [3.63, 3.8) is 0 Å². The Kier molecular flexibility index (Phi) is 6.53. The molecule has 1 aliphatic heterocycles. The van der Waals surface area contributed by atoms with Gasteiger partial charge in [-0.2, -0.15) is 0 Å². The van der Waals surface area contributed by atoms with Gasteiger partial charge in [-0.25, -0.2) is 9.97 Å². The molecule has 0 bridgehead atoms. The Bertz CT molecular complexity index is 807. The molecule has 0 spiro atoms. The quantitative estimate of drug-likeness (QED) is 0.648. The van der Waals surface area contributed by atoms with Gasteiger partial charge < -0.3 is 19.4 Å². The summed E-state index contributed by atoms with van der Waals surface area (Å²) in [7, 11) is 1.67. The molecule has 2 amide bonds. The van der Waals surface area contributed by atoms with E-state index < -0.39 is 5.97 Å². The summed E-state index contributed by atoms with van der Waals surface area (Å²) in [6.45, 7) is 1.40. The number of ether oxygens (including phenoxy) is 1. The summed E-state index contributed by atoms with van der Waals surface area (Å²) in [4.78, 5) is 50.2. The zero-order valence-corrected chi connectivity index (χ0v) is 16.3. The lowest BCUT2D eigenvalue weighted by molar-refractivity contribution is -0.151. The first-order valence-corrected chi connectivity index (χ1v) is 9.67. The largest absolute Gasteiger partial charge is 0.454 e. The number of carbonyl (C=O) groups is 3. The van der Waals surface area contributed by atoms with Gasteiger partial charge in [0.2, 0.25) is 5.95 Å². The number of esters is 1. The smallest absolute Gasteiger partial charge is 0.326 e. The zero-order valence-electron chi connectivity index (χ0n) is 15.5. The van der Waals surface area contributed by atoms with Crippen LogP contribution < -0.4 is 4.90 Å². The Morgan fingerprint density at radius 3 is 2.43 bits per heavy atom. The van der Waals surface area contributed by atoms with E-state index in [-0.39, 0.29) is 25.0 Å². The second kappa shape index (κ2) is 9.27. The molecule has 0 atom stereocenters. The minimum Gasteiger partial charge on any atom is -0.454 e. The summed E-state index contributed by atoms with van der Waals surface area (Å²) in [5, 5.41) is 1.86. The Morgan fingerprint density at radius 1 is 1.11 bits per heavy atom. The molecule has 9 nitrogen and oxygen atoms in total. The van der Waals surface area contributed by atoms with Crippen molar-refractivity contribution in [2.45, 2.75) is 0 Å². The number of carbonyl (C=O) groups excluding carboxylic acids is 3. The summed E-state index contributed by atoms with van der Waals surface area (Å²) in [6.07, 6.45) is 3.16. The molecule has 0 radical (unpaired) electrons. The number of aromatic nitrogens is 2. The van der Waals surface area contributed by atoms with Crippen molar-refractivity contribution < 1.29 is 19.1 Å². The average Bonchev–Trinajstić information content (AvgIpc) is 3.27. The molecule has 28 heavy (non-hydrogen) atoms. The molecule has 0 aromatic carbocycles. The average molecular weight is 403 g/mol. The third kappa shape index (κ3) is 5.03. The molecule has 1 aliphatic rings. The predicted octanol–water partition coefficient (Wildman–Crippen LogP) is 0.502. The monoisotopic (exact) mass is 403 g/mol. The van der Waals surface area contributed by atoms with Gasteiger partial charge in [0.05, 0.1) is 4.88 Å². The third-order valence-electron chi connectivity index (χ3n) is 4.27. The molecule has 3 rings (SSSR count). The second-order valence-electron chi connectivity index (χ2n) is 6.22. The van der Waals surface area contributed by atoms with Crippen LogP contribution in [0.4, 0.5) is 5.95 Å². The summed E-state index contributed by atoms with van der Waals surface area (Å²) in [5.41, 5.74) is 0. The van der Waals surface area contributed by atoms with Crippen molar-refractivity contribution in [1.82, 2.24) is 19.8 Å². The van der Waals surface area contributed by atoms with Gasteiger partial charge in [-0.15, -0.1) is 11.3 Å². The van der Waals surface area contributed by atoms with Crippen molar-refractivity contribution >= 4 is 35.1 Å². The molecule has 3 heterocycles. The number of piperazine rings is 1. The van der Waals surface area contributed by atoms with E-state index in [0.29, 0.717) is 37.0 Å². The minimum absolute atomic E-state index is 0.0142. The van der Waals surface area contributed by atoms with Crippen LogP contribution in [0.2, 0.25) is 0 Å². The first-order valence-electron chi connectivity index (χ1n) is 8.79. The van der Waals surface area contributed by atoms with Crippen molar-refractivity contribution in [3.8, 4) is 0 Å². The molecule has 2 aromatic rings. The van der Waals surface area contributed by atoms with Crippen LogP contribution in [0.5, 0.6) is 0 Å². The van der Waals surface area contributed by atoms with Crippen molar-refractivity contribution in [3.05, 3.63) is 40.8 Å². The SMILES string of the molecule is CN(CC(=O)OCC(=O)N1CCN(C(=O)c2cccs2)CC1)c1ncccn1. The van der Waals surface area contributed by atoms with E-state index in [1.54, 1.807) is 46.3 Å². The lowest BCUT2D eigenvalue weighted by Gasteiger charge is -2.34. The number of hydrogen-bond donors (Lipinski definition) is 0. The van der Waals surface area contributed by atoms with Crippen molar-refractivity contribution in [2.75, 3.05) is 51.3 Å². The molecular weight excluding hydrogens is 382 g/mol. The number of likely N-dealkylation sites (N-methyl/N-ethyl adjacent to an activating group) is 1. The Hall–Kier alpha value is -3.01. The van der Waals surface area contributed by atoms with Crippen molar-refractivity contribution in [2.24, 2.45) is 0 Å². The van der Waals surface area contributed by atoms with Crippen LogP contribution in [0.1, 0.15) is 9.67 Å². The third-order valence-corrected chi connectivity index (χ3v) is 5.13. The van der Waals surface area contributed by atoms with Gasteiger partial charge in [-0.05, 0) is 17.5 Å². The molecule has 0 saturated carbocycles. The van der Waals surface area contributed by atoms with Crippen LogP contribution in [-0.2, 0) is 14.3 Å². The van der Waals surface area contributed by atoms with Crippen LogP contribution in [0.3, 0.4) is 0 Å². The summed E-state index contributed by atoms with van der Waals surface area (Å²) < 4.78 is 5.08. The number of hydrogen-bond acceptors (Lipinski definition) is 8. The number of nitrogens with zero attached hydrogens (tertiary/aromatic N) is 5. The van der Waals surface area contributed by atoms with E-state index >= 15 is 0 Å². The van der Waals surface area contributed by atoms with Gasteiger partial charge in [-0.3, -0.25) is 14.4 Å². The number of anilines is 1. The maximum absolute atomic E-state index is 12.3. The molecule has 1 fully saturated rings. The molecule has 0 unspecified atom stereocenters. The van der Waals surface area contributed by atoms with Gasteiger partial charge in [0.1, 0.15) is 6.54 Å². The number of amides is 2. The van der Waals surface area contributed by atoms with Crippen LogP contribution in [-0.4, -0.2) is 83.9 Å². The van der Waals surface area contributed by atoms with E-state index in [1.165, 1.54) is 11.3 Å². The van der Waals surface area contributed by atoms with E-state index in [9.17, 15) is 14.4 Å². The fourth-order valence-corrected chi connectivity index (χ4v) is 3.44. The molecule has 0 aliphatic carbocycles. The molecule has 1 saturated heterocycles. The highest BCUT2D eigenvalue weighted by Crippen LogP contribution is 2.14. The second-order valence-corrected chi connectivity index (χ2v) is 7.16. The fraction of sp³-hybridized carbons (Fsp3) is 0.389.